The van der Waals surface area contributed by atoms with Crippen molar-refractivity contribution >= 4 is 18.3 Å². The number of rotatable bonds is 5. The highest BCUT2D eigenvalue weighted by Gasteiger charge is 2.01. The molecule has 0 aliphatic heterocycles. The second kappa shape index (κ2) is 7.68. The smallest absolute Gasteiger partial charge is 0.248 e. The third-order valence-electron chi connectivity index (χ3n) is 2.17. The van der Waals surface area contributed by atoms with E-state index in [0.29, 0.717) is 29.6 Å². The fourth-order valence-corrected chi connectivity index (χ4v) is 1.10. The number of nitrogens with two attached hydrogens (primary N) is 1. The summed E-state index contributed by atoms with van der Waals surface area (Å²) in [5.74, 6) is 0.0993. The maximum atomic E-state index is 12.2. The number of carbonyl (C=O) groups is 1. The van der Waals surface area contributed by atoms with Gasteiger partial charge in [-0.15, -0.1) is 12.4 Å². The van der Waals surface area contributed by atoms with E-state index in [4.69, 9.17) is 10.5 Å². The fourth-order valence-electron chi connectivity index (χ4n) is 1.10. The Morgan fingerprint density at radius 2 is 2.00 bits per heavy atom. The molecule has 0 unspecified atom stereocenters. The van der Waals surface area contributed by atoms with E-state index in [1.807, 2.05) is 6.92 Å². The molecule has 1 aromatic rings. The highest BCUT2D eigenvalue weighted by Crippen LogP contribution is 2.13. The lowest BCUT2D eigenvalue weighted by molar-refractivity contribution is 0.100. The van der Waals surface area contributed by atoms with Gasteiger partial charge < -0.3 is 10.5 Å². The van der Waals surface area contributed by atoms with E-state index in [1.165, 1.54) is 0 Å². The summed E-state index contributed by atoms with van der Waals surface area (Å²) in [5.41, 5.74) is 6.09. The van der Waals surface area contributed by atoms with Gasteiger partial charge in [0.25, 0.3) is 0 Å². The Morgan fingerprint density at radius 1 is 1.41 bits per heavy atom. The van der Waals surface area contributed by atoms with Crippen LogP contribution in [0.1, 0.15) is 23.7 Å². The molecule has 17 heavy (non-hydrogen) atoms. The molecule has 0 fully saturated rings. The van der Waals surface area contributed by atoms with Crippen LogP contribution in [0.5, 0.6) is 5.75 Å². The first-order chi connectivity index (χ1) is 7.67. The van der Waals surface area contributed by atoms with Gasteiger partial charge in [0, 0.05) is 5.56 Å². The molecule has 0 aromatic heterocycles. The van der Waals surface area contributed by atoms with Crippen LogP contribution < -0.4 is 10.5 Å². The first kappa shape index (κ1) is 15.4. The van der Waals surface area contributed by atoms with Crippen LogP contribution in [0, 0.1) is 0 Å². The summed E-state index contributed by atoms with van der Waals surface area (Å²) in [6.45, 7) is 2.06. The van der Waals surface area contributed by atoms with Gasteiger partial charge in [-0.1, -0.05) is 6.92 Å². The van der Waals surface area contributed by atoms with E-state index < -0.39 is 5.91 Å². The Labute approximate surface area is 106 Å². The zero-order valence-electron chi connectivity index (χ0n) is 9.48. The SMILES string of the molecule is CC/C(=C\F)COc1ccc(C(N)=O)cc1.Cl. The Balaban J connectivity index is 0.00000256. The van der Waals surface area contributed by atoms with Crippen molar-refractivity contribution < 1.29 is 13.9 Å². The van der Waals surface area contributed by atoms with E-state index in [1.54, 1.807) is 24.3 Å². The molecule has 0 spiro atoms. The highest BCUT2D eigenvalue weighted by atomic mass is 35.5. The van der Waals surface area contributed by atoms with Crippen LogP contribution in [0.25, 0.3) is 0 Å². The molecule has 0 saturated carbocycles. The number of carbonyl (C=O) groups excluding carboxylic acids is 1. The minimum Gasteiger partial charge on any atom is -0.489 e. The third-order valence-corrected chi connectivity index (χ3v) is 2.17. The summed E-state index contributed by atoms with van der Waals surface area (Å²) in [6.07, 6.45) is 1.16. The van der Waals surface area contributed by atoms with Crippen molar-refractivity contribution in [1.82, 2.24) is 0 Å². The van der Waals surface area contributed by atoms with Crippen LogP contribution >= 0.6 is 12.4 Å². The molecule has 0 radical (unpaired) electrons. The molecule has 0 aliphatic carbocycles. The van der Waals surface area contributed by atoms with Gasteiger partial charge in [0.2, 0.25) is 5.91 Å². The topological polar surface area (TPSA) is 52.3 Å². The van der Waals surface area contributed by atoms with Crippen molar-refractivity contribution in [2.45, 2.75) is 13.3 Å². The third kappa shape index (κ3) is 4.87. The summed E-state index contributed by atoms with van der Waals surface area (Å²) in [7, 11) is 0. The van der Waals surface area contributed by atoms with Gasteiger partial charge in [0.1, 0.15) is 12.4 Å². The van der Waals surface area contributed by atoms with Crippen molar-refractivity contribution in [3.8, 4) is 5.75 Å². The molecular weight excluding hydrogens is 245 g/mol. The summed E-state index contributed by atoms with van der Waals surface area (Å²) in [4.78, 5) is 10.8. The van der Waals surface area contributed by atoms with Crippen molar-refractivity contribution in [2.75, 3.05) is 6.61 Å². The largest absolute Gasteiger partial charge is 0.489 e. The normalized spacial score (nSPS) is 10.6. The molecule has 2 N–H and O–H groups in total. The molecule has 5 heteroatoms. The second-order valence-electron chi connectivity index (χ2n) is 3.30. The van der Waals surface area contributed by atoms with Crippen molar-refractivity contribution in [2.24, 2.45) is 5.73 Å². The first-order valence-corrected chi connectivity index (χ1v) is 4.98. The average Bonchev–Trinajstić information content (AvgIpc) is 2.31. The molecule has 0 atom stereocenters. The van der Waals surface area contributed by atoms with Crippen LogP contribution in [-0.2, 0) is 0 Å². The average molecular weight is 260 g/mol. The Morgan fingerprint density at radius 3 is 2.41 bits per heavy atom. The summed E-state index contributed by atoms with van der Waals surface area (Å²) in [6, 6.07) is 6.40. The minimum absolute atomic E-state index is 0. The molecule has 0 saturated heterocycles. The Bertz CT molecular complexity index is 390. The maximum absolute atomic E-state index is 12.2. The molecule has 3 nitrogen and oxygen atoms in total. The van der Waals surface area contributed by atoms with Crippen LogP contribution in [0.4, 0.5) is 4.39 Å². The van der Waals surface area contributed by atoms with Gasteiger partial charge in [-0.2, -0.15) is 0 Å². The predicted molar refractivity (Wildman–Crippen MR) is 67.2 cm³/mol. The Kier molecular flexibility index (Phi) is 6.98. The van der Waals surface area contributed by atoms with Crippen LogP contribution in [0.3, 0.4) is 0 Å². The molecular formula is C12H15ClFNO2. The Hall–Kier alpha value is -1.55. The lowest BCUT2D eigenvalue weighted by Crippen LogP contribution is -2.10. The number of ether oxygens (including phenoxy) is 1. The zero-order valence-corrected chi connectivity index (χ0v) is 10.3. The summed E-state index contributed by atoms with van der Waals surface area (Å²) < 4.78 is 17.6. The molecule has 94 valence electrons. The van der Waals surface area contributed by atoms with Gasteiger partial charge in [-0.05, 0) is 36.3 Å². The number of benzene rings is 1. The standard InChI is InChI=1S/C12H14FNO2.ClH/c1-2-9(7-13)8-16-11-5-3-10(4-6-11)12(14)15;/h3-7H,2,8H2,1H3,(H2,14,15);1H/b9-7+;. The first-order valence-electron chi connectivity index (χ1n) is 4.98. The van der Waals surface area contributed by atoms with Crippen molar-refractivity contribution in [1.29, 1.82) is 0 Å². The number of halogens is 2. The number of hydrogen-bond donors (Lipinski definition) is 1. The summed E-state index contributed by atoms with van der Waals surface area (Å²) in [5, 5.41) is 0. The molecule has 1 rings (SSSR count). The van der Waals surface area contributed by atoms with Gasteiger partial charge in [0.05, 0.1) is 6.33 Å². The van der Waals surface area contributed by atoms with E-state index in [2.05, 4.69) is 0 Å². The number of amides is 1. The van der Waals surface area contributed by atoms with Crippen LogP contribution in [0.15, 0.2) is 36.2 Å². The molecule has 0 heterocycles. The zero-order chi connectivity index (χ0) is 12.0. The van der Waals surface area contributed by atoms with Gasteiger partial charge in [-0.3, -0.25) is 4.79 Å². The quantitative estimate of drug-likeness (QED) is 0.884. The van der Waals surface area contributed by atoms with Crippen molar-refractivity contribution in [3.63, 3.8) is 0 Å². The van der Waals surface area contributed by atoms with Gasteiger partial charge in [0.15, 0.2) is 0 Å². The van der Waals surface area contributed by atoms with Gasteiger partial charge in [-0.25, -0.2) is 4.39 Å². The van der Waals surface area contributed by atoms with Gasteiger partial charge >= 0.3 is 0 Å². The van der Waals surface area contributed by atoms with E-state index in [-0.39, 0.29) is 19.0 Å². The maximum Gasteiger partial charge on any atom is 0.248 e. The molecule has 1 amide bonds. The summed E-state index contributed by atoms with van der Waals surface area (Å²) >= 11 is 0. The number of primary amides is 1. The van der Waals surface area contributed by atoms with Crippen LogP contribution in [0.2, 0.25) is 0 Å². The second-order valence-corrected chi connectivity index (χ2v) is 3.30. The van der Waals surface area contributed by atoms with E-state index >= 15 is 0 Å². The molecule has 0 aliphatic rings. The monoisotopic (exact) mass is 259 g/mol. The fraction of sp³-hybridized carbons (Fsp3) is 0.250. The lowest BCUT2D eigenvalue weighted by Gasteiger charge is -2.07. The minimum atomic E-state index is -0.482. The molecule has 0 bridgehead atoms. The van der Waals surface area contributed by atoms with Crippen molar-refractivity contribution in [3.05, 3.63) is 41.7 Å². The predicted octanol–water partition coefficient (Wildman–Crippen LogP) is 2.85. The van der Waals surface area contributed by atoms with E-state index in [0.717, 1.165) is 0 Å². The van der Waals surface area contributed by atoms with E-state index in [9.17, 15) is 9.18 Å². The van der Waals surface area contributed by atoms with Crippen LogP contribution in [-0.4, -0.2) is 12.5 Å². The molecule has 1 aromatic carbocycles. The highest BCUT2D eigenvalue weighted by molar-refractivity contribution is 5.92. The lowest BCUT2D eigenvalue weighted by atomic mass is 10.2. The number of hydrogen-bond acceptors (Lipinski definition) is 2.